The van der Waals surface area contributed by atoms with Gasteiger partial charge in [0.15, 0.2) is 0 Å². The van der Waals surface area contributed by atoms with Crippen molar-refractivity contribution in [3.63, 3.8) is 0 Å². The van der Waals surface area contributed by atoms with Gasteiger partial charge in [0.2, 0.25) is 0 Å². The largest absolute Gasteiger partial charge is 0.454 e. The number of carbonyl (C=O) groups is 1. The number of benzene rings is 1. The molecule has 0 aliphatic carbocycles. The number of nitrogens with zero attached hydrogens (tertiary/aromatic N) is 1. The van der Waals surface area contributed by atoms with Gasteiger partial charge in [0, 0.05) is 0 Å². The van der Waals surface area contributed by atoms with E-state index in [1.165, 1.54) is 12.5 Å². The lowest BCUT2D eigenvalue weighted by Crippen LogP contribution is -2.05. The smallest absolute Gasteiger partial charge is 0.394 e. The molecule has 2 rings (SSSR count). The van der Waals surface area contributed by atoms with Crippen LogP contribution in [-0.4, -0.2) is 11.0 Å². The zero-order chi connectivity index (χ0) is 10.5. The van der Waals surface area contributed by atoms with Crippen molar-refractivity contribution in [2.45, 2.75) is 6.61 Å². The molecule has 0 fully saturated rings. The van der Waals surface area contributed by atoms with E-state index in [9.17, 15) is 4.79 Å². The molecule has 0 atom stereocenters. The molecule has 0 aliphatic rings. The van der Waals surface area contributed by atoms with Crippen LogP contribution in [0.3, 0.4) is 0 Å². The van der Waals surface area contributed by atoms with Crippen molar-refractivity contribution in [1.82, 2.24) is 4.98 Å². The maximum absolute atomic E-state index is 11.3. The lowest BCUT2D eigenvalue weighted by atomic mass is 10.2. The average molecular weight is 203 g/mol. The summed E-state index contributed by atoms with van der Waals surface area (Å²) in [6.07, 6.45) is 2.73. The predicted molar refractivity (Wildman–Crippen MR) is 52.1 cm³/mol. The number of carbonyl (C=O) groups excluding carboxylic acids is 1. The van der Waals surface area contributed by atoms with Crippen LogP contribution in [0, 0.1) is 0 Å². The summed E-state index contributed by atoms with van der Waals surface area (Å²) in [5.41, 5.74) is 0.928. The van der Waals surface area contributed by atoms with Crippen LogP contribution in [0.25, 0.3) is 0 Å². The van der Waals surface area contributed by atoms with E-state index in [1.54, 1.807) is 0 Å². The Hall–Kier alpha value is -2.10. The monoisotopic (exact) mass is 203 g/mol. The van der Waals surface area contributed by atoms with Gasteiger partial charge in [-0.2, -0.15) is 0 Å². The fourth-order valence-electron chi connectivity index (χ4n) is 1.11. The minimum absolute atomic E-state index is 0.0223. The molecule has 0 spiro atoms. The molecule has 0 radical (unpaired) electrons. The Morgan fingerprint density at radius 3 is 2.80 bits per heavy atom. The Kier molecular flexibility index (Phi) is 2.78. The van der Waals surface area contributed by atoms with Crippen LogP contribution < -0.4 is 0 Å². The van der Waals surface area contributed by atoms with Gasteiger partial charge in [-0.3, -0.25) is 0 Å². The number of rotatable bonds is 3. The lowest BCUT2D eigenvalue weighted by Gasteiger charge is -2.01. The quantitative estimate of drug-likeness (QED) is 0.716. The van der Waals surface area contributed by atoms with Crippen LogP contribution in [0.5, 0.6) is 0 Å². The molecule has 0 amide bonds. The Balaban J connectivity index is 1.92. The van der Waals surface area contributed by atoms with Gasteiger partial charge in [-0.15, -0.1) is 0 Å². The zero-order valence-electron chi connectivity index (χ0n) is 7.92. The Morgan fingerprint density at radius 2 is 2.13 bits per heavy atom. The first kappa shape index (κ1) is 9.45. The highest BCUT2D eigenvalue weighted by atomic mass is 16.5. The molecule has 1 aromatic carbocycles. The Morgan fingerprint density at radius 1 is 1.33 bits per heavy atom. The number of oxazole rings is 1. The van der Waals surface area contributed by atoms with E-state index in [4.69, 9.17) is 9.15 Å². The number of ether oxygens (including phenoxy) is 1. The van der Waals surface area contributed by atoms with E-state index in [0.29, 0.717) is 0 Å². The molecule has 4 nitrogen and oxygen atoms in total. The van der Waals surface area contributed by atoms with Crippen molar-refractivity contribution in [1.29, 1.82) is 0 Å². The van der Waals surface area contributed by atoms with Crippen LogP contribution in [-0.2, 0) is 11.3 Å². The molecule has 0 aliphatic heterocycles. The van der Waals surface area contributed by atoms with Crippen molar-refractivity contribution >= 4 is 5.97 Å². The third-order valence-corrected chi connectivity index (χ3v) is 1.82. The summed E-state index contributed by atoms with van der Waals surface area (Å²) in [5, 5.41) is 0. The first-order valence-electron chi connectivity index (χ1n) is 4.47. The summed E-state index contributed by atoms with van der Waals surface area (Å²) in [6, 6.07) is 9.42. The average Bonchev–Trinajstić information content (AvgIpc) is 2.81. The van der Waals surface area contributed by atoms with Gasteiger partial charge < -0.3 is 9.15 Å². The lowest BCUT2D eigenvalue weighted by molar-refractivity contribution is 0.0427. The molecule has 76 valence electrons. The third-order valence-electron chi connectivity index (χ3n) is 1.82. The highest BCUT2D eigenvalue weighted by molar-refractivity contribution is 5.83. The van der Waals surface area contributed by atoms with Crippen LogP contribution in [0.2, 0.25) is 0 Å². The van der Waals surface area contributed by atoms with E-state index in [0.717, 1.165) is 5.56 Å². The van der Waals surface area contributed by atoms with Crippen molar-refractivity contribution in [2.75, 3.05) is 0 Å². The second kappa shape index (κ2) is 4.41. The van der Waals surface area contributed by atoms with Gasteiger partial charge in [0.05, 0.1) is 6.20 Å². The number of aromatic nitrogens is 1. The van der Waals surface area contributed by atoms with Gasteiger partial charge in [0.25, 0.3) is 0 Å². The second-order valence-electron chi connectivity index (χ2n) is 2.90. The molecule has 0 N–H and O–H groups in total. The SMILES string of the molecule is O=C(OCc1ccccc1)c1ncco1. The molecule has 0 saturated carbocycles. The van der Waals surface area contributed by atoms with Crippen molar-refractivity contribution in [3.8, 4) is 0 Å². The van der Waals surface area contributed by atoms with Crippen LogP contribution in [0.15, 0.2) is 47.2 Å². The number of hydrogen-bond donors (Lipinski definition) is 0. The van der Waals surface area contributed by atoms with Gasteiger partial charge in [-0.05, 0) is 5.56 Å². The molecule has 1 aromatic heterocycles. The summed E-state index contributed by atoms with van der Waals surface area (Å²) in [7, 11) is 0. The molecule has 0 unspecified atom stereocenters. The molecular formula is C11H9NO3. The number of esters is 1. The van der Waals surface area contributed by atoms with Crippen molar-refractivity contribution in [2.24, 2.45) is 0 Å². The maximum atomic E-state index is 11.3. The Bertz CT molecular complexity index is 422. The van der Waals surface area contributed by atoms with Crippen molar-refractivity contribution < 1.29 is 13.9 Å². The molecule has 0 bridgehead atoms. The van der Waals surface area contributed by atoms with Gasteiger partial charge >= 0.3 is 11.9 Å². The fraction of sp³-hybridized carbons (Fsp3) is 0.0909. The minimum atomic E-state index is -0.552. The highest BCUT2D eigenvalue weighted by Gasteiger charge is 2.11. The molecule has 2 aromatic rings. The predicted octanol–water partition coefficient (Wildman–Crippen LogP) is 2.03. The van der Waals surface area contributed by atoms with Gasteiger partial charge in [0.1, 0.15) is 12.9 Å². The molecule has 0 saturated heterocycles. The van der Waals surface area contributed by atoms with Gasteiger partial charge in [-0.25, -0.2) is 9.78 Å². The van der Waals surface area contributed by atoms with Crippen LogP contribution >= 0.6 is 0 Å². The number of hydrogen-bond acceptors (Lipinski definition) is 4. The summed E-state index contributed by atoms with van der Waals surface area (Å²) in [4.78, 5) is 15.0. The highest BCUT2D eigenvalue weighted by Crippen LogP contribution is 2.04. The fourth-order valence-corrected chi connectivity index (χ4v) is 1.11. The molecule has 1 heterocycles. The first-order valence-corrected chi connectivity index (χ1v) is 4.47. The maximum Gasteiger partial charge on any atom is 0.394 e. The molecular weight excluding hydrogens is 194 g/mol. The minimum Gasteiger partial charge on any atom is -0.454 e. The topological polar surface area (TPSA) is 52.3 Å². The van der Waals surface area contributed by atoms with Crippen LogP contribution in [0.1, 0.15) is 16.2 Å². The Labute approximate surface area is 86.5 Å². The van der Waals surface area contributed by atoms with E-state index < -0.39 is 5.97 Å². The van der Waals surface area contributed by atoms with E-state index >= 15 is 0 Å². The zero-order valence-corrected chi connectivity index (χ0v) is 7.92. The summed E-state index contributed by atoms with van der Waals surface area (Å²) < 4.78 is 9.78. The normalized spacial score (nSPS) is 9.87. The molecule has 15 heavy (non-hydrogen) atoms. The standard InChI is InChI=1S/C11H9NO3/c13-11(10-12-6-7-14-10)15-8-9-4-2-1-3-5-9/h1-7H,8H2. The second-order valence-corrected chi connectivity index (χ2v) is 2.90. The summed E-state index contributed by atoms with van der Waals surface area (Å²) >= 11 is 0. The van der Waals surface area contributed by atoms with Crippen molar-refractivity contribution in [3.05, 3.63) is 54.2 Å². The summed E-state index contributed by atoms with van der Waals surface area (Å²) in [6.45, 7) is 0.224. The van der Waals surface area contributed by atoms with Crippen LogP contribution in [0.4, 0.5) is 0 Å². The van der Waals surface area contributed by atoms with Gasteiger partial charge in [-0.1, -0.05) is 30.3 Å². The molecule has 4 heteroatoms. The van der Waals surface area contributed by atoms with E-state index in [1.807, 2.05) is 30.3 Å². The third kappa shape index (κ3) is 2.43. The summed E-state index contributed by atoms with van der Waals surface area (Å²) in [5.74, 6) is -0.574. The van der Waals surface area contributed by atoms with E-state index in [-0.39, 0.29) is 12.5 Å². The first-order chi connectivity index (χ1) is 7.36. The van der Waals surface area contributed by atoms with E-state index in [2.05, 4.69) is 4.98 Å².